The van der Waals surface area contributed by atoms with Crippen LogP contribution in [-0.4, -0.2) is 15.9 Å². The quantitative estimate of drug-likeness (QED) is 0.570. The van der Waals surface area contributed by atoms with Gasteiger partial charge in [0.25, 0.3) is 0 Å². The fraction of sp³-hybridized carbons (Fsp3) is 0.118. The van der Waals surface area contributed by atoms with E-state index in [9.17, 15) is 0 Å². The van der Waals surface area contributed by atoms with Crippen LogP contribution in [0.15, 0.2) is 59.8 Å². The number of hydrogen-bond acceptors (Lipinski definition) is 4. The summed E-state index contributed by atoms with van der Waals surface area (Å²) in [4.78, 5) is 0. The molecule has 0 saturated heterocycles. The van der Waals surface area contributed by atoms with Crippen molar-refractivity contribution in [2.75, 3.05) is 5.43 Å². The number of halogens is 1. The highest BCUT2D eigenvalue weighted by molar-refractivity contribution is 6.30. The van der Waals surface area contributed by atoms with Crippen LogP contribution in [0.1, 0.15) is 18.9 Å². The minimum Gasteiger partial charge on any atom is -0.259 e. The van der Waals surface area contributed by atoms with Gasteiger partial charge in [0.15, 0.2) is 5.82 Å². The molecule has 0 bridgehead atoms. The van der Waals surface area contributed by atoms with E-state index >= 15 is 0 Å². The zero-order valence-corrected chi connectivity index (χ0v) is 12.9. The summed E-state index contributed by atoms with van der Waals surface area (Å²) in [5.41, 5.74) is 5.00. The van der Waals surface area contributed by atoms with E-state index in [0.717, 1.165) is 28.5 Å². The van der Waals surface area contributed by atoms with Crippen molar-refractivity contribution in [3.8, 4) is 0 Å². The summed E-state index contributed by atoms with van der Waals surface area (Å²) in [7, 11) is 0. The highest BCUT2D eigenvalue weighted by atomic mass is 35.5. The number of nitrogens with zero attached hydrogens (tertiary/aromatic N) is 3. The molecule has 1 N–H and O–H groups in total. The lowest BCUT2D eigenvalue weighted by molar-refractivity contribution is 1.04. The van der Waals surface area contributed by atoms with Crippen molar-refractivity contribution in [3.63, 3.8) is 0 Å². The van der Waals surface area contributed by atoms with E-state index in [1.54, 1.807) is 6.20 Å². The minimum atomic E-state index is 0.651. The standard InChI is InChI=1S/C17H15ClN4/c1-2-16(12-7-9-14(18)10-8-12)20-22-17-15-6-4-3-5-13(15)11-19-21-17/h3-11H,2H2,1H3,(H,21,22)/b20-16+. The summed E-state index contributed by atoms with van der Waals surface area (Å²) in [6, 6.07) is 15.6. The van der Waals surface area contributed by atoms with Crippen LogP contribution in [0.2, 0.25) is 5.02 Å². The average Bonchev–Trinajstić information content (AvgIpc) is 2.57. The first kappa shape index (κ1) is 14.5. The second-order valence-electron chi connectivity index (χ2n) is 4.81. The SMILES string of the molecule is CC/C(=N\Nc1nncc2ccccc12)c1ccc(Cl)cc1. The van der Waals surface area contributed by atoms with E-state index in [0.29, 0.717) is 10.8 Å². The van der Waals surface area contributed by atoms with Crippen LogP contribution in [0.4, 0.5) is 5.82 Å². The lowest BCUT2D eigenvalue weighted by Gasteiger charge is -2.07. The molecule has 22 heavy (non-hydrogen) atoms. The molecule has 1 aromatic heterocycles. The number of anilines is 1. The van der Waals surface area contributed by atoms with Gasteiger partial charge >= 0.3 is 0 Å². The van der Waals surface area contributed by atoms with Gasteiger partial charge in [-0.15, -0.1) is 5.10 Å². The van der Waals surface area contributed by atoms with E-state index in [2.05, 4.69) is 27.6 Å². The predicted molar refractivity (Wildman–Crippen MR) is 91.4 cm³/mol. The predicted octanol–water partition coefficient (Wildman–Crippen LogP) is 4.51. The van der Waals surface area contributed by atoms with Crippen LogP contribution in [0.5, 0.6) is 0 Å². The fourth-order valence-corrected chi connectivity index (χ4v) is 2.35. The molecule has 0 aliphatic rings. The summed E-state index contributed by atoms with van der Waals surface area (Å²) < 4.78 is 0. The molecule has 0 fully saturated rings. The smallest absolute Gasteiger partial charge is 0.176 e. The Bertz CT molecular complexity index is 807. The van der Waals surface area contributed by atoms with E-state index in [1.807, 2.05) is 48.5 Å². The first-order valence-electron chi connectivity index (χ1n) is 7.07. The molecule has 3 rings (SSSR count). The minimum absolute atomic E-state index is 0.651. The van der Waals surface area contributed by atoms with E-state index < -0.39 is 0 Å². The number of rotatable bonds is 4. The van der Waals surface area contributed by atoms with Gasteiger partial charge in [0.05, 0.1) is 11.9 Å². The third-order valence-corrected chi connectivity index (χ3v) is 3.63. The molecular weight excluding hydrogens is 296 g/mol. The second kappa shape index (κ2) is 6.54. The Morgan fingerprint density at radius 1 is 1.14 bits per heavy atom. The third-order valence-electron chi connectivity index (χ3n) is 3.38. The lowest BCUT2D eigenvalue weighted by atomic mass is 10.1. The summed E-state index contributed by atoms with van der Waals surface area (Å²) in [6.07, 6.45) is 2.54. The molecule has 0 spiro atoms. The maximum absolute atomic E-state index is 5.92. The molecule has 0 aliphatic heterocycles. The highest BCUT2D eigenvalue weighted by Gasteiger charge is 2.04. The first-order chi connectivity index (χ1) is 10.8. The van der Waals surface area contributed by atoms with Gasteiger partial charge in [0.2, 0.25) is 0 Å². The third kappa shape index (κ3) is 3.07. The summed E-state index contributed by atoms with van der Waals surface area (Å²) in [5.74, 6) is 0.651. The molecule has 3 aromatic rings. The number of aromatic nitrogens is 2. The number of benzene rings is 2. The maximum Gasteiger partial charge on any atom is 0.176 e. The van der Waals surface area contributed by atoms with Crippen molar-refractivity contribution < 1.29 is 0 Å². The second-order valence-corrected chi connectivity index (χ2v) is 5.25. The molecule has 0 atom stereocenters. The van der Waals surface area contributed by atoms with Gasteiger partial charge in [-0.2, -0.15) is 10.2 Å². The van der Waals surface area contributed by atoms with E-state index in [4.69, 9.17) is 11.6 Å². The monoisotopic (exact) mass is 310 g/mol. The van der Waals surface area contributed by atoms with Gasteiger partial charge in [-0.3, -0.25) is 5.43 Å². The number of hydrazone groups is 1. The van der Waals surface area contributed by atoms with E-state index in [1.165, 1.54) is 0 Å². The van der Waals surface area contributed by atoms with Gasteiger partial charge < -0.3 is 0 Å². The topological polar surface area (TPSA) is 50.2 Å². The molecule has 0 saturated carbocycles. The van der Waals surface area contributed by atoms with Crippen LogP contribution in [0, 0.1) is 0 Å². The molecule has 2 aromatic carbocycles. The molecule has 0 unspecified atom stereocenters. The van der Waals surface area contributed by atoms with Crippen molar-refractivity contribution in [2.45, 2.75) is 13.3 Å². The maximum atomic E-state index is 5.92. The van der Waals surface area contributed by atoms with Crippen LogP contribution in [-0.2, 0) is 0 Å². The number of hydrogen-bond donors (Lipinski definition) is 1. The Morgan fingerprint density at radius 3 is 2.68 bits per heavy atom. The molecule has 5 heteroatoms. The Kier molecular flexibility index (Phi) is 4.30. The summed E-state index contributed by atoms with van der Waals surface area (Å²) in [5, 5.41) is 15.4. The molecule has 0 radical (unpaired) electrons. The lowest BCUT2D eigenvalue weighted by Crippen LogP contribution is -2.04. The Hall–Kier alpha value is -2.46. The molecule has 110 valence electrons. The van der Waals surface area contributed by atoms with Crippen LogP contribution in [0.3, 0.4) is 0 Å². The van der Waals surface area contributed by atoms with Gasteiger partial charge in [-0.1, -0.05) is 54.9 Å². The molecule has 0 amide bonds. The Balaban J connectivity index is 1.92. The van der Waals surface area contributed by atoms with Crippen molar-refractivity contribution >= 4 is 33.9 Å². The Labute approximate surface area is 133 Å². The van der Waals surface area contributed by atoms with Crippen molar-refractivity contribution in [2.24, 2.45) is 5.10 Å². The largest absolute Gasteiger partial charge is 0.259 e. The van der Waals surface area contributed by atoms with Crippen LogP contribution in [0.25, 0.3) is 10.8 Å². The van der Waals surface area contributed by atoms with E-state index in [-0.39, 0.29) is 0 Å². The average molecular weight is 311 g/mol. The van der Waals surface area contributed by atoms with Crippen LogP contribution < -0.4 is 5.43 Å². The molecule has 0 aliphatic carbocycles. The van der Waals surface area contributed by atoms with Crippen molar-refractivity contribution in [1.29, 1.82) is 0 Å². The van der Waals surface area contributed by atoms with Gasteiger partial charge in [-0.25, -0.2) is 0 Å². The normalized spacial score (nSPS) is 11.6. The van der Waals surface area contributed by atoms with Gasteiger partial charge in [0, 0.05) is 15.8 Å². The first-order valence-corrected chi connectivity index (χ1v) is 7.44. The van der Waals surface area contributed by atoms with Crippen LogP contribution >= 0.6 is 11.6 Å². The molecular formula is C17H15ClN4. The van der Waals surface area contributed by atoms with Gasteiger partial charge in [-0.05, 0) is 24.1 Å². The fourth-order valence-electron chi connectivity index (χ4n) is 2.22. The highest BCUT2D eigenvalue weighted by Crippen LogP contribution is 2.19. The number of nitrogens with one attached hydrogen (secondary N) is 1. The summed E-state index contributed by atoms with van der Waals surface area (Å²) >= 11 is 5.92. The number of fused-ring (bicyclic) bond motifs is 1. The molecule has 1 heterocycles. The zero-order chi connectivity index (χ0) is 15.4. The van der Waals surface area contributed by atoms with Crippen molar-refractivity contribution in [3.05, 3.63) is 65.3 Å². The summed E-state index contributed by atoms with van der Waals surface area (Å²) in [6.45, 7) is 2.06. The zero-order valence-electron chi connectivity index (χ0n) is 12.1. The Morgan fingerprint density at radius 2 is 1.91 bits per heavy atom. The van der Waals surface area contributed by atoms with Crippen molar-refractivity contribution in [1.82, 2.24) is 10.2 Å². The van der Waals surface area contributed by atoms with Gasteiger partial charge in [0.1, 0.15) is 0 Å². The molecule has 4 nitrogen and oxygen atoms in total.